The van der Waals surface area contributed by atoms with Crippen molar-refractivity contribution in [3.8, 4) is 5.75 Å². The molecule has 1 atom stereocenters. The molecule has 1 heterocycles. The number of benzene rings is 1. The van der Waals surface area contributed by atoms with Gasteiger partial charge in [-0.25, -0.2) is 9.37 Å². The molecule has 2 aromatic rings. The van der Waals surface area contributed by atoms with Crippen molar-refractivity contribution in [2.75, 3.05) is 6.61 Å². The zero-order valence-corrected chi connectivity index (χ0v) is 11.7. The lowest BCUT2D eigenvalue weighted by molar-refractivity contribution is 0.243. The van der Waals surface area contributed by atoms with Gasteiger partial charge < -0.3 is 9.30 Å². The van der Waals surface area contributed by atoms with Gasteiger partial charge in [0, 0.05) is 24.9 Å². The van der Waals surface area contributed by atoms with Gasteiger partial charge in [0.1, 0.15) is 17.4 Å². The van der Waals surface area contributed by atoms with Crippen molar-refractivity contribution in [3.63, 3.8) is 0 Å². The van der Waals surface area contributed by atoms with E-state index in [-0.39, 0.29) is 5.82 Å². The molecule has 0 saturated heterocycles. The molecule has 1 aromatic heterocycles. The van der Waals surface area contributed by atoms with Crippen molar-refractivity contribution in [2.45, 2.75) is 20.4 Å². The molecule has 0 saturated carbocycles. The van der Waals surface area contributed by atoms with Gasteiger partial charge in [-0.2, -0.15) is 0 Å². The lowest BCUT2D eigenvalue weighted by Gasteiger charge is -2.15. The van der Waals surface area contributed by atoms with Crippen molar-refractivity contribution in [2.24, 2.45) is 5.92 Å². The van der Waals surface area contributed by atoms with Crippen LogP contribution in [-0.4, -0.2) is 16.2 Å². The van der Waals surface area contributed by atoms with E-state index in [1.165, 1.54) is 12.1 Å². The van der Waals surface area contributed by atoms with Crippen LogP contribution in [0.1, 0.15) is 12.7 Å². The molecular weight excluding hydrogens is 267 g/mol. The van der Waals surface area contributed by atoms with Gasteiger partial charge in [-0.3, -0.25) is 0 Å². The number of hydrogen-bond donors (Lipinski definition) is 0. The summed E-state index contributed by atoms with van der Waals surface area (Å²) >= 11 is 5.90. The first-order chi connectivity index (χ1) is 9.06. The standard InChI is InChI=1S/C14H16ClFN2O/c1-10(8-18-6-5-17-11(18)2)9-19-14-4-3-12(16)7-13(14)15/h3-7,10H,8-9H2,1-2H3/t10-/m1/s1. The second kappa shape index (κ2) is 6.06. The van der Waals surface area contributed by atoms with Gasteiger partial charge >= 0.3 is 0 Å². The van der Waals surface area contributed by atoms with E-state index < -0.39 is 0 Å². The molecule has 3 nitrogen and oxygen atoms in total. The van der Waals surface area contributed by atoms with Crippen LogP contribution in [0.25, 0.3) is 0 Å². The lowest BCUT2D eigenvalue weighted by Crippen LogP contribution is -2.16. The molecule has 0 N–H and O–H groups in total. The molecule has 0 unspecified atom stereocenters. The van der Waals surface area contributed by atoms with Gasteiger partial charge in [-0.1, -0.05) is 18.5 Å². The molecule has 0 aliphatic rings. The van der Waals surface area contributed by atoms with Crippen molar-refractivity contribution >= 4 is 11.6 Å². The SMILES string of the molecule is Cc1nccn1C[C@@H](C)COc1ccc(F)cc1Cl. The number of rotatable bonds is 5. The van der Waals surface area contributed by atoms with Crippen LogP contribution in [0.3, 0.4) is 0 Å². The number of hydrogen-bond acceptors (Lipinski definition) is 2. The molecule has 0 radical (unpaired) electrons. The zero-order valence-electron chi connectivity index (χ0n) is 10.9. The minimum absolute atomic E-state index is 0.297. The van der Waals surface area contributed by atoms with Crippen molar-refractivity contribution in [1.29, 1.82) is 0 Å². The van der Waals surface area contributed by atoms with Gasteiger partial charge in [0.2, 0.25) is 0 Å². The Balaban J connectivity index is 1.90. The Kier molecular flexibility index (Phi) is 4.43. The maximum absolute atomic E-state index is 12.9. The minimum Gasteiger partial charge on any atom is -0.492 e. The Bertz CT molecular complexity index is 556. The quantitative estimate of drug-likeness (QED) is 0.836. The summed E-state index contributed by atoms with van der Waals surface area (Å²) < 4.78 is 20.6. The average molecular weight is 283 g/mol. The fraction of sp³-hybridized carbons (Fsp3) is 0.357. The highest BCUT2D eigenvalue weighted by atomic mass is 35.5. The van der Waals surface area contributed by atoms with E-state index in [2.05, 4.69) is 16.5 Å². The van der Waals surface area contributed by atoms with Crippen LogP contribution in [0.5, 0.6) is 5.75 Å². The molecule has 1 aromatic carbocycles. The van der Waals surface area contributed by atoms with Crippen LogP contribution in [0, 0.1) is 18.7 Å². The van der Waals surface area contributed by atoms with Crippen molar-refractivity contribution in [1.82, 2.24) is 9.55 Å². The third-order valence-electron chi connectivity index (χ3n) is 2.85. The van der Waals surface area contributed by atoms with E-state index in [4.69, 9.17) is 16.3 Å². The minimum atomic E-state index is -0.362. The topological polar surface area (TPSA) is 27.1 Å². The summed E-state index contributed by atoms with van der Waals surface area (Å²) in [5.74, 6) is 1.43. The first-order valence-corrected chi connectivity index (χ1v) is 6.49. The predicted molar refractivity (Wildman–Crippen MR) is 73.0 cm³/mol. The summed E-state index contributed by atoms with van der Waals surface area (Å²) in [6.07, 6.45) is 3.72. The number of imidazole rings is 1. The van der Waals surface area contributed by atoms with Gasteiger partial charge in [0.05, 0.1) is 11.6 Å². The van der Waals surface area contributed by atoms with Gasteiger partial charge in [0.25, 0.3) is 0 Å². The van der Waals surface area contributed by atoms with E-state index in [0.717, 1.165) is 12.4 Å². The number of halogens is 2. The number of aryl methyl sites for hydroxylation is 1. The fourth-order valence-corrected chi connectivity index (χ4v) is 2.03. The second-order valence-corrected chi connectivity index (χ2v) is 5.02. The predicted octanol–water partition coefficient (Wildman–Crippen LogP) is 3.70. The van der Waals surface area contributed by atoms with Crippen molar-refractivity contribution in [3.05, 3.63) is 47.3 Å². The van der Waals surface area contributed by atoms with Crippen LogP contribution >= 0.6 is 11.6 Å². The first kappa shape index (κ1) is 13.9. The molecular formula is C14H16ClFN2O. The molecule has 0 fully saturated rings. The molecule has 102 valence electrons. The molecule has 0 spiro atoms. The summed E-state index contributed by atoms with van der Waals surface area (Å²) in [6.45, 7) is 5.38. The van der Waals surface area contributed by atoms with E-state index in [0.29, 0.717) is 23.3 Å². The van der Waals surface area contributed by atoms with E-state index in [9.17, 15) is 4.39 Å². The lowest BCUT2D eigenvalue weighted by atomic mass is 10.2. The molecule has 0 amide bonds. The summed E-state index contributed by atoms with van der Waals surface area (Å²) in [5, 5.41) is 0.297. The Morgan fingerprint density at radius 3 is 2.89 bits per heavy atom. The van der Waals surface area contributed by atoms with E-state index in [1.807, 2.05) is 13.1 Å². The third kappa shape index (κ3) is 3.70. The zero-order chi connectivity index (χ0) is 13.8. The maximum Gasteiger partial charge on any atom is 0.138 e. The number of nitrogens with zero attached hydrogens (tertiary/aromatic N) is 2. The summed E-state index contributed by atoms with van der Waals surface area (Å²) in [5.41, 5.74) is 0. The average Bonchev–Trinajstić information content (AvgIpc) is 2.74. The number of aromatic nitrogens is 2. The fourth-order valence-electron chi connectivity index (χ4n) is 1.81. The Hall–Kier alpha value is -1.55. The first-order valence-electron chi connectivity index (χ1n) is 6.12. The van der Waals surface area contributed by atoms with Crippen LogP contribution in [0.15, 0.2) is 30.6 Å². The second-order valence-electron chi connectivity index (χ2n) is 4.62. The summed E-state index contributed by atoms with van der Waals surface area (Å²) in [7, 11) is 0. The molecule has 2 rings (SSSR count). The van der Waals surface area contributed by atoms with Crippen LogP contribution in [-0.2, 0) is 6.54 Å². The van der Waals surface area contributed by atoms with Gasteiger partial charge in [0.15, 0.2) is 0 Å². The largest absolute Gasteiger partial charge is 0.492 e. The Labute approximate surface area is 117 Å². The highest BCUT2D eigenvalue weighted by Crippen LogP contribution is 2.25. The molecule has 0 aliphatic heterocycles. The Morgan fingerprint density at radius 1 is 1.47 bits per heavy atom. The van der Waals surface area contributed by atoms with Gasteiger partial charge in [-0.15, -0.1) is 0 Å². The van der Waals surface area contributed by atoms with Crippen LogP contribution < -0.4 is 4.74 Å². The monoisotopic (exact) mass is 282 g/mol. The molecule has 0 aliphatic carbocycles. The summed E-state index contributed by atoms with van der Waals surface area (Å²) in [4.78, 5) is 4.17. The van der Waals surface area contributed by atoms with Crippen LogP contribution in [0.2, 0.25) is 5.02 Å². The highest BCUT2D eigenvalue weighted by Gasteiger charge is 2.08. The van der Waals surface area contributed by atoms with Crippen LogP contribution in [0.4, 0.5) is 4.39 Å². The molecule has 0 bridgehead atoms. The van der Waals surface area contributed by atoms with Crippen molar-refractivity contribution < 1.29 is 9.13 Å². The highest BCUT2D eigenvalue weighted by molar-refractivity contribution is 6.32. The molecule has 19 heavy (non-hydrogen) atoms. The molecule has 5 heteroatoms. The number of ether oxygens (including phenoxy) is 1. The summed E-state index contributed by atoms with van der Waals surface area (Å²) in [6, 6.07) is 4.14. The van der Waals surface area contributed by atoms with E-state index in [1.54, 1.807) is 12.3 Å². The maximum atomic E-state index is 12.9. The third-order valence-corrected chi connectivity index (χ3v) is 3.14. The Morgan fingerprint density at radius 2 is 2.26 bits per heavy atom. The normalized spacial score (nSPS) is 12.4. The van der Waals surface area contributed by atoms with Gasteiger partial charge in [-0.05, 0) is 25.1 Å². The smallest absolute Gasteiger partial charge is 0.138 e. The van der Waals surface area contributed by atoms with E-state index >= 15 is 0 Å².